The minimum absolute atomic E-state index is 0.329. The summed E-state index contributed by atoms with van der Waals surface area (Å²) in [5, 5.41) is 9.20. The van der Waals surface area contributed by atoms with Gasteiger partial charge in [0.1, 0.15) is 5.60 Å². The van der Waals surface area contributed by atoms with Crippen molar-refractivity contribution in [3.63, 3.8) is 0 Å². The van der Waals surface area contributed by atoms with Gasteiger partial charge in [-0.15, -0.1) is 0 Å². The largest absolute Gasteiger partial charge is 0.400 e. The van der Waals surface area contributed by atoms with Crippen LogP contribution in [0.3, 0.4) is 0 Å². The molecule has 0 N–H and O–H groups in total. The number of nitriles is 1. The molecular weight excluding hydrogens is 206 g/mol. The Balaban J connectivity index is 4.68. The van der Waals surface area contributed by atoms with Crippen LogP contribution in [0.5, 0.6) is 0 Å². The minimum Gasteiger partial charge on any atom is -0.400 e. The van der Waals surface area contributed by atoms with E-state index in [-0.39, 0.29) is 5.60 Å². The molecule has 4 heteroatoms. The maximum atomic E-state index is 9.20. The second kappa shape index (κ2) is 4.65. The van der Waals surface area contributed by atoms with Crippen molar-refractivity contribution in [1.82, 2.24) is 0 Å². The number of rotatable bonds is 5. The van der Waals surface area contributed by atoms with Crippen molar-refractivity contribution in [2.45, 2.75) is 58.0 Å². The first-order valence-corrected chi connectivity index (χ1v) is 8.61. The van der Waals surface area contributed by atoms with E-state index in [1.165, 1.54) is 0 Å². The summed E-state index contributed by atoms with van der Waals surface area (Å²) in [6.45, 7) is 12.0. The Bertz CT molecular complexity index is 252. The van der Waals surface area contributed by atoms with E-state index in [0.717, 1.165) is 0 Å². The highest BCUT2D eigenvalue weighted by Gasteiger charge is 2.37. The van der Waals surface area contributed by atoms with Crippen LogP contribution < -0.4 is 0 Å². The van der Waals surface area contributed by atoms with Crippen LogP contribution in [0, 0.1) is 11.3 Å². The maximum absolute atomic E-state index is 9.20. The van der Waals surface area contributed by atoms with Gasteiger partial charge < -0.3 is 9.16 Å². The molecule has 1 unspecified atom stereocenters. The van der Waals surface area contributed by atoms with E-state index in [1.54, 1.807) is 7.11 Å². The Morgan fingerprint density at radius 1 is 1.20 bits per heavy atom. The fraction of sp³-hybridized carbons (Fsp3) is 0.909. The van der Waals surface area contributed by atoms with Crippen molar-refractivity contribution in [1.29, 1.82) is 5.26 Å². The van der Waals surface area contributed by atoms with E-state index in [1.807, 2.05) is 20.8 Å². The van der Waals surface area contributed by atoms with Crippen molar-refractivity contribution in [3.05, 3.63) is 0 Å². The fourth-order valence-corrected chi connectivity index (χ4v) is 3.13. The summed E-state index contributed by atoms with van der Waals surface area (Å²) >= 11 is 0. The van der Waals surface area contributed by atoms with Crippen molar-refractivity contribution in [3.8, 4) is 6.07 Å². The molecule has 0 aliphatic carbocycles. The van der Waals surface area contributed by atoms with Gasteiger partial charge in [0.05, 0.1) is 11.7 Å². The molecule has 15 heavy (non-hydrogen) atoms. The molecule has 0 saturated carbocycles. The summed E-state index contributed by atoms with van der Waals surface area (Å²) in [6.07, 6.45) is 0.581. The van der Waals surface area contributed by atoms with Gasteiger partial charge in [0.25, 0.3) is 0 Å². The van der Waals surface area contributed by atoms with E-state index in [4.69, 9.17) is 9.16 Å². The topological polar surface area (TPSA) is 42.2 Å². The van der Waals surface area contributed by atoms with Crippen LogP contribution in [0.1, 0.15) is 27.2 Å². The number of hydrogen-bond acceptors (Lipinski definition) is 3. The quantitative estimate of drug-likeness (QED) is 0.681. The molecule has 3 nitrogen and oxygen atoms in total. The fourth-order valence-electron chi connectivity index (χ4n) is 1.66. The third kappa shape index (κ3) is 5.93. The number of ether oxygens (including phenoxy) is 1. The lowest BCUT2D eigenvalue weighted by Gasteiger charge is -2.36. The molecular formula is C11H23NO2Si. The Labute approximate surface area is 94.5 Å². The number of hydrogen-bond donors (Lipinski definition) is 0. The normalized spacial score (nSPS) is 16.9. The molecule has 0 fully saturated rings. The molecule has 0 spiro atoms. The van der Waals surface area contributed by atoms with Crippen LogP contribution in [0.25, 0.3) is 0 Å². The third-order valence-corrected chi connectivity index (χ3v) is 3.15. The number of nitrogens with zero attached hydrogens (tertiary/aromatic N) is 1. The van der Waals surface area contributed by atoms with Gasteiger partial charge in [0.15, 0.2) is 8.32 Å². The summed E-state index contributed by atoms with van der Waals surface area (Å²) in [6, 6.07) is 2.26. The lowest BCUT2D eigenvalue weighted by Crippen LogP contribution is -2.44. The molecule has 0 amide bonds. The molecule has 0 aliphatic rings. The van der Waals surface area contributed by atoms with Crippen molar-refractivity contribution >= 4 is 8.32 Å². The predicted molar refractivity (Wildman–Crippen MR) is 64.2 cm³/mol. The van der Waals surface area contributed by atoms with Crippen molar-refractivity contribution < 1.29 is 9.16 Å². The molecule has 0 aromatic carbocycles. The maximum Gasteiger partial charge on any atom is 0.185 e. The summed E-state index contributed by atoms with van der Waals surface area (Å²) in [5.41, 5.74) is -1.08. The van der Waals surface area contributed by atoms with Gasteiger partial charge in [-0.25, -0.2) is 0 Å². The SMILES string of the molecule is COC(C)(C)CC(C)(C#N)O[Si](C)(C)C. The molecule has 0 bridgehead atoms. The zero-order valence-corrected chi connectivity index (χ0v) is 12.0. The lowest BCUT2D eigenvalue weighted by atomic mass is 9.92. The monoisotopic (exact) mass is 229 g/mol. The summed E-state index contributed by atoms with van der Waals surface area (Å²) < 4.78 is 11.2. The van der Waals surface area contributed by atoms with Gasteiger partial charge in [-0.2, -0.15) is 5.26 Å². The van der Waals surface area contributed by atoms with Crippen LogP contribution in [0.2, 0.25) is 19.6 Å². The Morgan fingerprint density at radius 2 is 1.67 bits per heavy atom. The molecule has 88 valence electrons. The molecule has 0 rings (SSSR count). The van der Waals surface area contributed by atoms with Gasteiger partial charge in [0.2, 0.25) is 0 Å². The van der Waals surface area contributed by atoms with Gasteiger partial charge in [-0.05, 0) is 40.4 Å². The van der Waals surface area contributed by atoms with Crippen LogP contribution >= 0.6 is 0 Å². The Kier molecular flexibility index (Phi) is 4.53. The third-order valence-electron chi connectivity index (χ3n) is 2.08. The van der Waals surface area contributed by atoms with E-state index in [9.17, 15) is 5.26 Å². The van der Waals surface area contributed by atoms with Gasteiger partial charge in [0, 0.05) is 13.5 Å². The molecule has 0 aromatic rings. The number of methoxy groups -OCH3 is 1. The van der Waals surface area contributed by atoms with Crippen molar-refractivity contribution in [2.75, 3.05) is 7.11 Å². The zero-order chi connectivity index (χ0) is 12.3. The highest BCUT2D eigenvalue weighted by molar-refractivity contribution is 6.69. The molecule has 0 aliphatic heterocycles. The van der Waals surface area contributed by atoms with Crippen LogP contribution in [-0.4, -0.2) is 26.6 Å². The molecule has 0 aromatic heterocycles. The Morgan fingerprint density at radius 3 is 1.93 bits per heavy atom. The first-order valence-electron chi connectivity index (χ1n) is 5.20. The minimum atomic E-state index is -1.70. The second-order valence-electron chi connectivity index (χ2n) is 5.70. The van der Waals surface area contributed by atoms with Gasteiger partial charge >= 0.3 is 0 Å². The summed E-state index contributed by atoms with van der Waals surface area (Å²) in [5.74, 6) is 0. The molecule has 1 atom stereocenters. The standard InChI is InChI=1S/C11H23NO2Si/c1-10(2,13-4)8-11(3,9-12)14-15(5,6)7/h8H2,1-7H3. The van der Waals surface area contributed by atoms with E-state index in [2.05, 4.69) is 25.7 Å². The Hall–Kier alpha value is -0.373. The first kappa shape index (κ1) is 14.6. The molecule has 0 saturated heterocycles. The van der Waals surface area contributed by atoms with Crippen LogP contribution in [-0.2, 0) is 9.16 Å². The highest BCUT2D eigenvalue weighted by atomic mass is 28.4. The summed E-state index contributed by atoms with van der Waals surface area (Å²) in [7, 11) is -0.0451. The molecule has 0 radical (unpaired) electrons. The predicted octanol–water partition coefficient (Wildman–Crippen LogP) is 2.94. The van der Waals surface area contributed by atoms with Crippen molar-refractivity contribution in [2.24, 2.45) is 0 Å². The van der Waals surface area contributed by atoms with E-state index < -0.39 is 13.9 Å². The first-order chi connectivity index (χ1) is 6.54. The van der Waals surface area contributed by atoms with Crippen LogP contribution in [0.4, 0.5) is 0 Å². The average Bonchev–Trinajstić information content (AvgIpc) is 2.00. The van der Waals surface area contributed by atoms with Gasteiger partial charge in [-0.3, -0.25) is 0 Å². The second-order valence-corrected chi connectivity index (χ2v) is 10.1. The molecule has 0 heterocycles. The van der Waals surface area contributed by atoms with Gasteiger partial charge in [-0.1, -0.05) is 0 Å². The van der Waals surface area contributed by atoms with E-state index in [0.29, 0.717) is 6.42 Å². The van der Waals surface area contributed by atoms with Crippen LogP contribution in [0.15, 0.2) is 0 Å². The highest BCUT2D eigenvalue weighted by Crippen LogP contribution is 2.28. The smallest absolute Gasteiger partial charge is 0.185 e. The zero-order valence-electron chi connectivity index (χ0n) is 11.0. The summed E-state index contributed by atoms with van der Waals surface area (Å²) in [4.78, 5) is 0. The average molecular weight is 229 g/mol. The lowest BCUT2D eigenvalue weighted by molar-refractivity contribution is -0.0303. The van der Waals surface area contributed by atoms with E-state index >= 15 is 0 Å².